The molecule has 1 heterocycles. The third-order valence-corrected chi connectivity index (χ3v) is 21.4. The van der Waals surface area contributed by atoms with Crippen LogP contribution in [0.1, 0.15) is 119 Å². The summed E-state index contributed by atoms with van der Waals surface area (Å²) in [7, 11) is 19.6. The summed E-state index contributed by atoms with van der Waals surface area (Å²) in [5.41, 5.74) is 13.8. The summed E-state index contributed by atoms with van der Waals surface area (Å²) in [6, 6.07) is 19.0. The van der Waals surface area contributed by atoms with Crippen LogP contribution >= 0.6 is 39.1 Å². The molecule has 7 rings (SSSR count). The summed E-state index contributed by atoms with van der Waals surface area (Å²) in [6.07, 6.45) is 28.1. The van der Waals surface area contributed by atoms with Crippen molar-refractivity contribution >= 4 is 65.8 Å². The fourth-order valence-corrected chi connectivity index (χ4v) is 17.7. The molecule has 0 unspecified atom stereocenters. The molecule has 4 aliphatic rings. The van der Waals surface area contributed by atoms with E-state index >= 15 is 0 Å². The maximum atomic E-state index is 5.66. The van der Waals surface area contributed by atoms with E-state index in [1.165, 1.54) is 66.9 Å². The van der Waals surface area contributed by atoms with Gasteiger partial charge in [0.1, 0.15) is 0 Å². The summed E-state index contributed by atoms with van der Waals surface area (Å²) >= 11 is 0.00846. The van der Waals surface area contributed by atoms with E-state index in [1.54, 1.807) is 108 Å². The molecule has 9 heteroatoms. The minimum atomic E-state index is -1.59. The quantitative estimate of drug-likeness (QED) is 0.0915. The van der Waals surface area contributed by atoms with Crippen LogP contribution in [0.3, 0.4) is 0 Å². The van der Waals surface area contributed by atoms with Crippen molar-refractivity contribution in [3.8, 4) is 0 Å². The number of nitrogens with zero attached hydrogens (tertiary/aromatic N) is 4. The van der Waals surface area contributed by atoms with Gasteiger partial charge in [-0.25, -0.2) is 0 Å². The number of thioether (sulfide) groups is 1. The second-order valence-corrected chi connectivity index (χ2v) is 27.9. The van der Waals surface area contributed by atoms with Crippen molar-refractivity contribution in [3.63, 3.8) is 0 Å². The SMILES string of the molecule is C1CCC([PH+](C2CCCCC2)C2CCCCC2)CC1.Cc1cc(N(C)C)cc(C)c1N1C=CN(c2c(C)cc(N(C)C)cc2C)[CH-]1.[Cl][Ru]([Cl])=[CH]Sc1ccccc1. The molecule has 1 aliphatic heterocycles. The molecular formula is C48H71Cl2N4PRuS. The monoisotopic (exact) mass is 938 g/mol. The van der Waals surface area contributed by atoms with E-state index in [4.69, 9.17) is 19.4 Å². The Bertz CT molecular complexity index is 1590. The standard InChI is InChI=1S/C23H31N4.C18H33P.C7H6S.2ClH.Ru/c1-16-11-20(24(5)6)12-17(2)22(16)26-9-10-27(15-26)23-18(3)13-21(25(7)8)14-19(23)4;1-4-10-16(11-5-1)19(17-12-6-2-7-13-17)18-14-8-3-9-15-18;1-8-7-5-3-2-4-6-7;;;/h9-15H,1-8H3;16-18H,1-15H2;1-6H;2*1H;/q-1;;;;;+2/p-1. The van der Waals surface area contributed by atoms with Gasteiger partial charge in [0.25, 0.3) is 0 Å². The molecule has 0 atom stereocenters. The van der Waals surface area contributed by atoms with Crippen LogP contribution in [0.25, 0.3) is 0 Å². The molecule has 3 aromatic carbocycles. The first-order chi connectivity index (χ1) is 27.4. The molecule has 0 bridgehead atoms. The second kappa shape index (κ2) is 23.5. The first-order valence-electron chi connectivity index (χ1n) is 21.5. The fourth-order valence-electron chi connectivity index (χ4n) is 9.70. The number of aryl methyl sites for hydroxylation is 4. The van der Waals surface area contributed by atoms with Gasteiger partial charge in [0, 0.05) is 58.9 Å². The summed E-state index contributed by atoms with van der Waals surface area (Å²) in [4.78, 5) is 9.94. The predicted molar refractivity (Wildman–Crippen MR) is 258 cm³/mol. The summed E-state index contributed by atoms with van der Waals surface area (Å²) in [5, 5.41) is 0. The van der Waals surface area contributed by atoms with Gasteiger partial charge in [-0.15, -0.1) is 6.67 Å². The topological polar surface area (TPSA) is 13.0 Å². The Kier molecular flexibility index (Phi) is 19.1. The van der Waals surface area contributed by atoms with E-state index in [2.05, 4.69) is 119 Å². The van der Waals surface area contributed by atoms with Crippen LogP contribution in [0.2, 0.25) is 0 Å². The molecular weight excluding hydrogens is 868 g/mol. The van der Waals surface area contributed by atoms with E-state index in [-0.39, 0.29) is 7.92 Å². The van der Waals surface area contributed by atoms with Crippen molar-refractivity contribution in [2.24, 2.45) is 0 Å². The number of hydrogen-bond donors (Lipinski definition) is 0. The van der Waals surface area contributed by atoms with E-state index in [0.717, 1.165) is 0 Å². The van der Waals surface area contributed by atoms with Gasteiger partial charge >= 0.3 is 83.8 Å². The Morgan fingerprint density at radius 3 is 1.26 bits per heavy atom. The number of hydrogen-bond acceptors (Lipinski definition) is 5. The van der Waals surface area contributed by atoms with Crippen LogP contribution in [0, 0.1) is 34.4 Å². The molecule has 4 nitrogen and oxygen atoms in total. The van der Waals surface area contributed by atoms with Crippen LogP contribution in [-0.2, 0) is 13.5 Å². The zero-order valence-electron chi connectivity index (χ0n) is 36.2. The predicted octanol–water partition coefficient (Wildman–Crippen LogP) is 14.6. The molecule has 0 N–H and O–H groups in total. The summed E-state index contributed by atoms with van der Waals surface area (Å²) < 4.78 is 1.92. The van der Waals surface area contributed by atoms with Crippen LogP contribution in [0.5, 0.6) is 0 Å². The summed E-state index contributed by atoms with van der Waals surface area (Å²) in [5.74, 6) is 0. The van der Waals surface area contributed by atoms with E-state index in [1.807, 2.05) is 34.3 Å². The molecule has 3 aliphatic carbocycles. The van der Waals surface area contributed by atoms with Gasteiger partial charge in [0.05, 0.1) is 17.0 Å². The van der Waals surface area contributed by atoms with E-state index in [9.17, 15) is 0 Å². The zero-order valence-corrected chi connectivity index (χ0v) is 41.2. The first kappa shape index (κ1) is 46.5. The van der Waals surface area contributed by atoms with E-state index in [0.29, 0.717) is 0 Å². The third-order valence-electron chi connectivity index (χ3n) is 12.4. The van der Waals surface area contributed by atoms with Gasteiger partial charge in [0.2, 0.25) is 0 Å². The number of halogens is 2. The van der Waals surface area contributed by atoms with Crippen molar-refractivity contribution in [1.29, 1.82) is 0 Å². The fraction of sp³-hybridized carbons (Fsp3) is 0.542. The normalized spacial score (nSPS) is 18.1. The first-order valence-corrected chi connectivity index (χ1v) is 29.6. The molecule has 0 amide bonds. The molecule has 0 radical (unpaired) electrons. The molecule has 316 valence electrons. The molecule has 3 fully saturated rings. The van der Waals surface area contributed by atoms with Crippen molar-refractivity contribution in [1.82, 2.24) is 0 Å². The molecule has 0 spiro atoms. The van der Waals surface area contributed by atoms with Crippen molar-refractivity contribution < 1.29 is 13.5 Å². The Morgan fingerprint density at radius 1 is 0.596 bits per heavy atom. The van der Waals surface area contributed by atoms with Crippen LogP contribution in [0.15, 0.2) is 71.9 Å². The minimum absolute atomic E-state index is 0.0465. The van der Waals surface area contributed by atoms with Gasteiger partial charge < -0.3 is 19.6 Å². The Morgan fingerprint density at radius 2 is 0.947 bits per heavy atom. The average Bonchev–Trinajstić information content (AvgIpc) is 3.67. The Labute approximate surface area is 366 Å². The van der Waals surface area contributed by atoms with E-state index < -0.39 is 13.5 Å². The van der Waals surface area contributed by atoms with Crippen molar-refractivity contribution in [2.45, 2.75) is 146 Å². The average molecular weight is 939 g/mol. The number of benzene rings is 3. The molecule has 3 aromatic rings. The van der Waals surface area contributed by atoms with Gasteiger partial charge in [-0.3, -0.25) is 0 Å². The third kappa shape index (κ3) is 13.7. The van der Waals surface area contributed by atoms with Crippen LogP contribution < -0.4 is 19.6 Å². The molecule has 0 aromatic heterocycles. The second-order valence-electron chi connectivity index (χ2n) is 17.1. The van der Waals surface area contributed by atoms with Crippen molar-refractivity contribution in [3.05, 3.63) is 95.9 Å². The van der Waals surface area contributed by atoms with Crippen molar-refractivity contribution in [2.75, 3.05) is 47.8 Å². The number of anilines is 4. The van der Waals surface area contributed by atoms with Crippen LogP contribution in [-0.4, -0.2) is 49.1 Å². The zero-order chi connectivity index (χ0) is 40.9. The van der Waals surface area contributed by atoms with Crippen LogP contribution in [0.4, 0.5) is 22.7 Å². The number of rotatable bonds is 9. The molecule has 3 saturated carbocycles. The Hall–Kier alpha value is -1.55. The maximum absolute atomic E-state index is 5.66. The summed E-state index contributed by atoms with van der Waals surface area (Å²) in [6.45, 7) is 10.9. The Balaban J connectivity index is 0.000000179. The van der Waals surface area contributed by atoms with Gasteiger partial charge in [-0.1, -0.05) is 19.3 Å². The van der Waals surface area contributed by atoms with Gasteiger partial charge in [-0.05, 0) is 164 Å². The molecule has 0 saturated heterocycles. The van der Waals surface area contributed by atoms with Gasteiger partial charge in [0.15, 0.2) is 0 Å². The molecule has 57 heavy (non-hydrogen) atoms. The van der Waals surface area contributed by atoms with Gasteiger partial charge in [-0.2, -0.15) is 0 Å².